The van der Waals surface area contributed by atoms with Gasteiger partial charge in [-0.2, -0.15) is 0 Å². The van der Waals surface area contributed by atoms with Crippen molar-refractivity contribution in [1.29, 1.82) is 0 Å². The van der Waals surface area contributed by atoms with Crippen LogP contribution in [0.25, 0.3) is 0 Å². The first-order valence-corrected chi connectivity index (χ1v) is 8.78. The number of hydrogen-bond acceptors (Lipinski definition) is 2. The molecule has 102 valence electrons. The number of alkyl halides is 7. The zero-order chi connectivity index (χ0) is 13.9. The van der Waals surface area contributed by atoms with Crippen LogP contribution in [-0.4, -0.2) is 44.8 Å². The molecule has 0 unspecified atom stereocenters. The van der Waals surface area contributed by atoms with Crippen molar-refractivity contribution in [1.82, 2.24) is 0 Å². The molecule has 0 aromatic rings. The molecule has 0 amide bonds. The Balaban J connectivity index is 4.73. The molecule has 17 heavy (non-hydrogen) atoms. The Morgan fingerprint density at radius 1 is 1.06 bits per heavy atom. The minimum atomic E-state index is -6.38. The van der Waals surface area contributed by atoms with Crippen molar-refractivity contribution >= 4 is 20.2 Å². The van der Waals surface area contributed by atoms with Gasteiger partial charge in [-0.15, -0.1) is 0 Å². The van der Waals surface area contributed by atoms with Crippen LogP contribution < -0.4 is 0 Å². The summed E-state index contributed by atoms with van der Waals surface area (Å²) in [6.07, 6.45) is -6.09. The monoisotopic (exact) mass is 378 g/mol. The third kappa shape index (κ3) is 4.34. The van der Waals surface area contributed by atoms with Crippen LogP contribution in [0.4, 0.5) is 30.7 Å². The molecule has 0 rings (SSSR count). The molecule has 0 aromatic heterocycles. The molecule has 0 aromatic carbocycles. The number of rotatable bonds is 6. The second-order valence-electron chi connectivity index (χ2n) is 3.17. The van der Waals surface area contributed by atoms with E-state index in [-0.39, 0.29) is 6.61 Å². The zero-order valence-corrected chi connectivity index (χ0v) is 11.4. The molecule has 2 nitrogen and oxygen atoms in total. The van der Waals surface area contributed by atoms with Crippen LogP contribution in [0, 0.1) is 0 Å². The second-order valence-corrected chi connectivity index (χ2v) is 7.13. The number of hydrogen-bond donors (Lipinski definition) is 0. The Morgan fingerprint density at radius 3 is 1.88 bits per heavy atom. The van der Waals surface area contributed by atoms with Gasteiger partial charge in [-0.1, -0.05) is 0 Å². The summed E-state index contributed by atoms with van der Waals surface area (Å²) >= 11 is -4.57. The van der Waals surface area contributed by atoms with E-state index in [4.69, 9.17) is 0 Å². The van der Waals surface area contributed by atoms with Gasteiger partial charge in [0.25, 0.3) is 0 Å². The summed E-state index contributed by atoms with van der Waals surface area (Å²) in [5.74, 6) is -11.6. The summed E-state index contributed by atoms with van der Waals surface area (Å²) in [4.78, 5) is 0. The topological polar surface area (TPSA) is 26.3 Å². The van der Waals surface area contributed by atoms with Gasteiger partial charge in [0.15, 0.2) is 0 Å². The Labute approximate surface area is 99.8 Å². The molecule has 0 atom stereocenters. The Bertz CT molecular complexity index is 276. The average Bonchev–Trinajstić information content (AvgIpc) is 2.11. The van der Waals surface area contributed by atoms with Crippen LogP contribution >= 0.6 is 0 Å². The van der Waals surface area contributed by atoms with Gasteiger partial charge < -0.3 is 0 Å². The third-order valence-corrected chi connectivity index (χ3v) is 5.24. The van der Waals surface area contributed by atoms with E-state index in [1.165, 1.54) is 0 Å². The van der Waals surface area contributed by atoms with Gasteiger partial charge in [0.05, 0.1) is 0 Å². The van der Waals surface area contributed by atoms with Crippen LogP contribution in [-0.2, 0) is 6.15 Å². The van der Waals surface area contributed by atoms with Gasteiger partial charge in [-0.25, -0.2) is 0 Å². The van der Waals surface area contributed by atoms with E-state index in [9.17, 15) is 33.8 Å². The molecule has 0 saturated heterocycles. The molecule has 0 fully saturated rings. The predicted molar refractivity (Wildman–Crippen MR) is 43.4 cm³/mol. The quantitative estimate of drug-likeness (QED) is 0.526. The van der Waals surface area contributed by atoms with Crippen LogP contribution in [0.1, 0.15) is 13.3 Å². The SMILES string of the molecule is CCC[O][Sn](=[O])[CH2]C(F)(F)C(F)(F)C(F)(F)F. The van der Waals surface area contributed by atoms with Crippen molar-refractivity contribution in [3.63, 3.8) is 0 Å². The second kappa shape index (κ2) is 5.81. The van der Waals surface area contributed by atoms with Crippen molar-refractivity contribution in [2.45, 2.75) is 35.8 Å². The summed E-state index contributed by atoms with van der Waals surface area (Å²) in [6, 6.07) is 0. The van der Waals surface area contributed by atoms with Crippen molar-refractivity contribution in [3.8, 4) is 0 Å². The van der Waals surface area contributed by atoms with Gasteiger partial charge >= 0.3 is 99.5 Å². The van der Waals surface area contributed by atoms with Crippen LogP contribution in [0.15, 0.2) is 0 Å². The zero-order valence-electron chi connectivity index (χ0n) is 8.58. The van der Waals surface area contributed by atoms with Crippen molar-refractivity contribution < 1.29 is 36.9 Å². The van der Waals surface area contributed by atoms with E-state index >= 15 is 0 Å². The van der Waals surface area contributed by atoms with E-state index in [2.05, 4.69) is 3.07 Å². The summed E-state index contributed by atoms with van der Waals surface area (Å²) in [5, 5.41) is 0. The van der Waals surface area contributed by atoms with Gasteiger partial charge in [0, 0.05) is 0 Å². The van der Waals surface area contributed by atoms with E-state index in [1.54, 1.807) is 6.92 Å². The van der Waals surface area contributed by atoms with Crippen molar-refractivity contribution in [2.75, 3.05) is 6.61 Å². The summed E-state index contributed by atoms with van der Waals surface area (Å²) in [7, 11) is 0. The first-order chi connectivity index (χ1) is 7.45. The summed E-state index contributed by atoms with van der Waals surface area (Å²) in [5.41, 5.74) is 0. The van der Waals surface area contributed by atoms with E-state index in [1.807, 2.05) is 0 Å². The first kappa shape index (κ1) is 17.1. The fourth-order valence-corrected chi connectivity index (χ4v) is 3.96. The molecule has 10 heteroatoms. The van der Waals surface area contributed by atoms with Crippen molar-refractivity contribution in [3.05, 3.63) is 0 Å². The van der Waals surface area contributed by atoms with Crippen LogP contribution in [0.2, 0.25) is 4.44 Å². The normalized spacial score (nSPS) is 13.9. The van der Waals surface area contributed by atoms with Crippen molar-refractivity contribution in [2.24, 2.45) is 0 Å². The van der Waals surface area contributed by atoms with E-state index in [0.717, 1.165) is 0 Å². The molecule has 0 aliphatic heterocycles. The van der Waals surface area contributed by atoms with Gasteiger partial charge in [0.1, 0.15) is 0 Å². The predicted octanol–water partition coefficient (Wildman–Crippen LogP) is 3.16. The summed E-state index contributed by atoms with van der Waals surface area (Å²) < 4.78 is 98.2. The molecule has 0 radical (unpaired) electrons. The molecule has 0 spiro atoms. The maximum atomic E-state index is 12.7. The molecule has 0 bridgehead atoms. The van der Waals surface area contributed by atoms with E-state index < -0.39 is 42.6 Å². The molecular weight excluding hydrogens is 368 g/mol. The van der Waals surface area contributed by atoms with Crippen LogP contribution in [0.3, 0.4) is 0 Å². The molecule has 0 heterocycles. The van der Waals surface area contributed by atoms with Gasteiger partial charge in [-0.05, 0) is 0 Å². The first-order valence-electron chi connectivity index (χ1n) is 4.43. The van der Waals surface area contributed by atoms with E-state index in [0.29, 0.717) is 6.42 Å². The summed E-state index contributed by atoms with van der Waals surface area (Å²) in [6.45, 7) is 1.34. The average molecular weight is 377 g/mol. The van der Waals surface area contributed by atoms with Gasteiger partial charge in [-0.3, -0.25) is 0 Å². The fraction of sp³-hybridized carbons (Fsp3) is 1.00. The minimum absolute atomic E-state index is 0.202. The Morgan fingerprint density at radius 2 is 1.53 bits per heavy atom. The third-order valence-electron chi connectivity index (χ3n) is 1.65. The molecule has 0 N–H and O–H groups in total. The molecule has 0 saturated carbocycles. The fourth-order valence-electron chi connectivity index (χ4n) is 0.767. The molecule has 0 aliphatic carbocycles. The standard InChI is InChI=1S/C4H2F7.C3H7O.O.Sn/c1-2(5,6)3(7,8)4(9,10)11;1-2-3-4;;/h1H2;2-3H2,1H3;;/q;-1;;+1. The van der Waals surface area contributed by atoms with Gasteiger partial charge in [0.2, 0.25) is 0 Å². The number of halogens is 7. The Hall–Kier alpha value is 0.0687. The molecular formula is C7H9F7O2Sn. The van der Waals surface area contributed by atoms with Crippen LogP contribution in [0.5, 0.6) is 0 Å². The Kier molecular flexibility index (Phi) is 5.83. The molecule has 0 aliphatic rings. The maximum absolute atomic E-state index is 12.7.